The molecule has 0 spiro atoms. The first-order valence-corrected chi connectivity index (χ1v) is 9.56. The number of aryl methyl sites for hydroxylation is 1. The quantitative estimate of drug-likeness (QED) is 0.636. The summed E-state index contributed by atoms with van der Waals surface area (Å²) >= 11 is 1.32. The van der Waals surface area contributed by atoms with Crippen LogP contribution in [-0.4, -0.2) is 39.4 Å². The standard InChI is InChI=1S/C17H20N4O3S/c1-2-3-12-19-20-17(25-12)18-11(22)8-21-15(23)13-9-4-5-10(7-6-9)14(13)16(21)24/h4-5,9-10,13-14H,2-3,6-8H2,1H3,(H,18,20,22). The molecule has 4 unspecified atom stereocenters. The van der Waals surface area contributed by atoms with Crippen LogP contribution in [0.5, 0.6) is 0 Å². The predicted octanol–water partition coefficient (Wildman–Crippen LogP) is 1.63. The summed E-state index contributed by atoms with van der Waals surface area (Å²) in [6, 6.07) is 0. The van der Waals surface area contributed by atoms with Gasteiger partial charge in [0.2, 0.25) is 22.9 Å². The third-order valence-electron chi connectivity index (χ3n) is 5.33. The number of anilines is 1. The van der Waals surface area contributed by atoms with Crippen molar-refractivity contribution in [3.63, 3.8) is 0 Å². The maximum atomic E-state index is 12.7. The molecule has 4 aliphatic rings. The van der Waals surface area contributed by atoms with Crippen molar-refractivity contribution < 1.29 is 14.4 Å². The molecule has 0 radical (unpaired) electrons. The summed E-state index contributed by atoms with van der Waals surface area (Å²) in [5.74, 6) is -1.08. The van der Waals surface area contributed by atoms with Crippen molar-refractivity contribution in [3.8, 4) is 0 Å². The molecule has 8 heteroatoms. The minimum atomic E-state index is -0.403. The highest BCUT2D eigenvalue weighted by Crippen LogP contribution is 2.49. The molecule has 2 heterocycles. The largest absolute Gasteiger partial charge is 0.299 e. The average Bonchev–Trinajstić information content (AvgIpc) is 3.15. The molecule has 2 fully saturated rings. The number of carbonyl (C=O) groups excluding carboxylic acids is 3. The summed E-state index contributed by atoms with van der Waals surface area (Å²) in [6.45, 7) is 1.80. The van der Waals surface area contributed by atoms with Crippen LogP contribution in [0.3, 0.4) is 0 Å². The topological polar surface area (TPSA) is 92.3 Å². The van der Waals surface area contributed by atoms with Crippen molar-refractivity contribution in [2.45, 2.75) is 32.6 Å². The first-order chi connectivity index (χ1) is 12.1. The van der Waals surface area contributed by atoms with Crippen LogP contribution in [0, 0.1) is 23.7 Å². The highest BCUT2D eigenvalue weighted by Gasteiger charge is 2.56. The molecule has 2 bridgehead atoms. The summed E-state index contributed by atoms with van der Waals surface area (Å²) in [5, 5.41) is 11.9. The van der Waals surface area contributed by atoms with Crippen LogP contribution in [0.15, 0.2) is 12.2 Å². The normalized spacial score (nSPS) is 30.0. The van der Waals surface area contributed by atoms with Crippen LogP contribution in [0.4, 0.5) is 5.13 Å². The van der Waals surface area contributed by atoms with E-state index in [4.69, 9.17) is 0 Å². The van der Waals surface area contributed by atoms with Gasteiger partial charge in [-0.05, 0) is 31.1 Å². The SMILES string of the molecule is CCCc1nnc(NC(=O)CN2C(=O)C3C4C=CC(CC4)C3C2=O)s1. The lowest BCUT2D eigenvalue weighted by Gasteiger charge is -2.38. The number of hydrogen-bond acceptors (Lipinski definition) is 6. The number of imide groups is 1. The zero-order chi connectivity index (χ0) is 17.6. The summed E-state index contributed by atoms with van der Waals surface area (Å²) in [5.41, 5.74) is 0. The third kappa shape index (κ3) is 2.78. The van der Waals surface area contributed by atoms with Gasteiger partial charge in [0.15, 0.2) is 0 Å². The molecule has 3 aliphatic carbocycles. The highest BCUT2D eigenvalue weighted by molar-refractivity contribution is 7.15. The number of allylic oxidation sites excluding steroid dienone is 2. The number of fused-ring (bicyclic) bond motifs is 1. The zero-order valence-electron chi connectivity index (χ0n) is 14.0. The molecule has 1 aromatic heterocycles. The first-order valence-electron chi connectivity index (χ1n) is 8.74. The Labute approximate surface area is 149 Å². The second-order valence-corrected chi connectivity index (χ2v) is 7.97. The maximum Gasteiger partial charge on any atom is 0.246 e. The number of rotatable bonds is 5. The number of likely N-dealkylation sites (tertiary alicyclic amines) is 1. The van der Waals surface area contributed by atoms with E-state index in [9.17, 15) is 14.4 Å². The zero-order valence-corrected chi connectivity index (χ0v) is 14.8. The van der Waals surface area contributed by atoms with Crippen LogP contribution >= 0.6 is 11.3 Å². The number of nitrogens with zero attached hydrogens (tertiary/aromatic N) is 3. The number of nitrogens with one attached hydrogen (secondary N) is 1. The minimum Gasteiger partial charge on any atom is -0.299 e. The summed E-state index contributed by atoms with van der Waals surface area (Å²) in [7, 11) is 0. The smallest absolute Gasteiger partial charge is 0.246 e. The Bertz CT molecular complexity index is 727. The molecular formula is C17H20N4O3S. The van der Waals surface area contributed by atoms with Gasteiger partial charge < -0.3 is 0 Å². The lowest BCUT2D eigenvalue weighted by Crippen LogP contribution is -2.38. The maximum absolute atomic E-state index is 12.7. The van der Waals surface area contributed by atoms with E-state index in [0.717, 1.165) is 35.6 Å². The lowest BCUT2D eigenvalue weighted by atomic mass is 9.63. The number of carbonyl (C=O) groups is 3. The fourth-order valence-electron chi connectivity index (χ4n) is 4.21. The van der Waals surface area contributed by atoms with Crippen LogP contribution in [0.25, 0.3) is 0 Å². The van der Waals surface area contributed by atoms with Gasteiger partial charge in [0.1, 0.15) is 11.6 Å². The van der Waals surface area contributed by atoms with Crippen molar-refractivity contribution in [1.29, 1.82) is 0 Å². The molecule has 5 rings (SSSR count). The molecule has 3 amide bonds. The van der Waals surface area contributed by atoms with E-state index in [1.807, 2.05) is 6.92 Å². The van der Waals surface area contributed by atoms with Gasteiger partial charge in [0, 0.05) is 6.42 Å². The van der Waals surface area contributed by atoms with E-state index >= 15 is 0 Å². The van der Waals surface area contributed by atoms with Crippen molar-refractivity contribution >= 4 is 34.2 Å². The summed E-state index contributed by atoms with van der Waals surface area (Å²) < 4.78 is 0. The van der Waals surface area contributed by atoms with E-state index in [-0.39, 0.29) is 42.0 Å². The lowest BCUT2D eigenvalue weighted by molar-refractivity contribution is -0.142. The third-order valence-corrected chi connectivity index (χ3v) is 6.23. The van der Waals surface area contributed by atoms with Crippen LogP contribution in [-0.2, 0) is 20.8 Å². The van der Waals surface area contributed by atoms with Gasteiger partial charge in [0.25, 0.3) is 0 Å². The van der Waals surface area contributed by atoms with Gasteiger partial charge in [-0.25, -0.2) is 0 Å². The fourth-order valence-corrected chi connectivity index (χ4v) is 5.07. The van der Waals surface area contributed by atoms with Crippen molar-refractivity contribution in [3.05, 3.63) is 17.2 Å². The van der Waals surface area contributed by atoms with Gasteiger partial charge in [0.05, 0.1) is 11.8 Å². The minimum absolute atomic E-state index is 0.138. The Morgan fingerprint density at radius 1 is 1.20 bits per heavy atom. The van der Waals surface area contributed by atoms with Crippen LogP contribution in [0.2, 0.25) is 0 Å². The molecule has 1 aromatic rings. The fraction of sp³-hybridized carbons (Fsp3) is 0.588. The molecular weight excluding hydrogens is 340 g/mol. The Morgan fingerprint density at radius 3 is 2.40 bits per heavy atom. The molecule has 1 aliphatic heterocycles. The summed E-state index contributed by atoms with van der Waals surface area (Å²) in [4.78, 5) is 38.8. The van der Waals surface area contributed by atoms with Gasteiger partial charge in [-0.3, -0.25) is 24.6 Å². The molecule has 25 heavy (non-hydrogen) atoms. The molecule has 4 atom stereocenters. The number of aromatic nitrogens is 2. The van der Waals surface area contributed by atoms with Gasteiger partial charge in [-0.15, -0.1) is 10.2 Å². The molecule has 0 aromatic carbocycles. The Kier molecular flexibility index (Phi) is 4.15. The van der Waals surface area contributed by atoms with Crippen LogP contribution < -0.4 is 5.32 Å². The molecule has 1 saturated carbocycles. The van der Waals surface area contributed by atoms with E-state index in [1.165, 1.54) is 11.3 Å². The Hall–Kier alpha value is -2.09. The molecule has 1 N–H and O–H groups in total. The van der Waals surface area contributed by atoms with Gasteiger partial charge >= 0.3 is 0 Å². The van der Waals surface area contributed by atoms with Crippen LogP contribution in [0.1, 0.15) is 31.2 Å². The molecule has 132 valence electrons. The van der Waals surface area contributed by atoms with Crippen molar-refractivity contribution in [2.24, 2.45) is 23.7 Å². The number of hydrogen-bond donors (Lipinski definition) is 1. The molecule has 7 nitrogen and oxygen atoms in total. The Balaban J connectivity index is 1.43. The second kappa shape index (κ2) is 6.33. The summed E-state index contributed by atoms with van der Waals surface area (Å²) in [6.07, 6.45) is 7.81. The van der Waals surface area contributed by atoms with E-state index in [2.05, 4.69) is 27.7 Å². The van der Waals surface area contributed by atoms with Gasteiger partial charge in [-0.2, -0.15) is 0 Å². The predicted molar refractivity (Wildman–Crippen MR) is 91.6 cm³/mol. The van der Waals surface area contributed by atoms with E-state index in [0.29, 0.717) is 5.13 Å². The van der Waals surface area contributed by atoms with E-state index in [1.54, 1.807) is 0 Å². The second-order valence-electron chi connectivity index (χ2n) is 6.90. The number of amides is 3. The van der Waals surface area contributed by atoms with Crippen molar-refractivity contribution in [1.82, 2.24) is 15.1 Å². The Morgan fingerprint density at radius 2 is 1.84 bits per heavy atom. The first kappa shape index (κ1) is 16.4. The van der Waals surface area contributed by atoms with Gasteiger partial charge in [-0.1, -0.05) is 30.4 Å². The van der Waals surface area contributed by atoms with E-state index < -0.39 is 5.91 Å². The average molecular weight is 360 g/mol. The monoisotopic (exact) mass is 360 g/mol. The highest BCUT2D eigenvalue weighted by atomic mass is 32.1. The molecule has 1 saturated heterocycles. The van der Waals surface area contributed by atoms with Crippen molar-refractivity contribution in [2.75, 3.05) is 11.9 Å².